The standard InChI is InChI=1S/C17H17N5OS/c1-10-3-2-4-12(5-10)22-9-11(7-20-22)13-6-15(23)19-8-14-16(13)24-17(18)21-14/h2-5,7,9,13H,6,8H2,1H3,(H2,18,21)(H,19,23)/t13-/m1/s1. The maximum absolute atomic E-state index is 12.0. The summed E-state index contributed by atoms with van der Waals surface area (Å²) >= 11 is 1.45. The smallest absolute Gasteiger partial charge is 0.221 e. The Morgan fingerprint density at radius 2 is 2.29 bits per heavy atom. The van der Waals surface area contributed by atoms with E-state index in [1.807, 2.05) is 29.2 Å². The van der Waals surface area contributed by atoms with Crippen LogP contribution < -0.4 is 11.1 Å². The molecule has 0 unspecified atom stereocenters. The molecule has 0 bridgehead atoms. The molecule has 1 aliphatic rings. The van der Waals surface area contributed by atoms with Crippen molar-refractivity contribution in [1.82, 2.24) is 20.1 Å². The van der Waals surface area contributed by atoms with Gasteiger partial charge < -0.3 is 11.1 Å². The highest BCUT2D eigenvalue weighted by Crippen LogP contribution is 2.37. The third kappa shape index (κ3) is 2.67. The summed E-state index contributed by atoms with van der Waals surface area (Å²) in [6.07, 6.45) is 4.19. The predicted octanol–water partition coefficient (Wildman–Crippen LogP) is 2.37. The van der Waals surface area contributed by atoms with Crippen LogP contribution in [0.2, 0.25) is 0 Å². The second-order valence-electron chi connectivity index (χ2n) is 5.95. The second kappa shape index (κ2) is 5.76. The summed E-state index contributed by atoms with van der Waals surface area (Å²) in [6, 6.07) is 8.15. The van der Waals surface area contributed by atoms with Crippen molar-refractivity contribution in [2.24, 2.45) is 0 Å². The first-order chi connectivity index (χ1) is 11.6. The Morgan fingerprint density at radius 1 is 1.42 bits per heavy atom. The number of anilines is 1. The lowest BCUT2D eigenvalue weighted by Gasteiger charge is -2.10. The molecular weight excluding hydrogens is 322 g/mol. The van der Waals surface area contributed by atoms with Crippen LogP contribution in [0.5, 0.6) is 0 Å². The van der Waals surface area contributed by atoms with Crippen LogP contribution in [0, 0.1) is 6.92 Å². The Bertz CT molecular complexity index is 913. The molecule has 0 saturated heterocycles. The van der Waals surface area contributed by atoms with E-state index in [0.29, 0.717) is 18.1 Å². The Labute approximate surface area is 143 Å². The molecule has 0 aliphatic carbocycles. The third-order valence-electron chi connectivity index (χ3n) is 4.17. The Kier molecular flexibility index (Phi) is 3.57. The number of aromatic nitrogens is 3. The molecule has 0 radical (unpaired) electrons. The zero-order valence-electron chi connectivity index (χ0n) is 13.2. The van der Waals surface area contributed by atoms with Crippen molar-refractivity contribution in [1.29, 1.82) is 0 Å². The summed E-state index contributed by atoms with van der Waals surface area (Å²) in [6.45, 7) is 2.49. The Morgan fingerprint density at radius 3 is 3.12 bits per heavy atom. The van der Waals surface area contributed by atoms with Gasteiger partial charge in [-0.15, -0.1) is 11.3 Å². The molecule has 0 saturated carbocycles. The lowest BCUT2D eigenvalue weighted by Crippen LogP contribution is -2.21. The van der Waals surface area contributed by atoms with Crippen LogP contribution in [0.4, 0.5) is 5.13 Å². The maximum Gasteiger partial charge on any atom is 0.221 e. The van der Waals surface area contributed by atoms with Crippen LogP contribution >= 0.6 is 11.3 Å². The lowest BCUT2D eigenvalue weighted by atomic mass is 9.96. The molecule has 0 fully saturated rings. The highest BCUT2D eigenvalue weighted by atomic mass is 32.1. The van der Waals surface area contributed by atoms with Crippen molar-refractivity contribution in [2.45, 2.75) is 25.8 Å². The zero-order chi connectivity index (χ0) is 16.7. The summed E-state index contributed by atoms with van der Waals surface area (Å²) in [5.74, 6) is -0.0389. The number of nitrogens with zero attached hydrogens (tertiary/aromatic N) is 3. The molecule has 24 heavy (non-hydrogen) atoms. The molecule has 0 spiro atoms. The Balaban J connectivity index is 1.74. The summed E-state index contributed by atoms with van der Waals surface area (Å²) in [7, 11) is 0. The van der Waals surface area contributed by atoms with Crippen LogP contribution in [0.15, 0.2) is 36.7 Å². The number of aryl methyl sites for hydroxylation is 1. The van der Waals surface area contributed by atoms with Gasteiger partial charge in [0, 0.05) is 23.4 Å². The van der Waals surface area contributed by atoms with Crippen LogP contribution in [0.25, 0.3) is 5.69 Å². The van der Waals surface area contributed by atoms with Crippen LogP contribution in [0.1, 0.15) is 34.0 Å². The van der Waals surface area contributed by atoms with Gasteiger partial charge in [0.25, 0.3) is 0 Å². The van der Waals surface area contributed by atoms with Gasteiger partial charge in [-0.1, -0.05) is 12.1 Å². The average Bonchev–Trinajstić information content (AvgIpc) is 3.14. The van der Waals surface area contributed by atoms with Gasteiger partial charge in [-0.25, -0.2) is 9.67 Å². The first-order valence-electron chi connectivity index (χ1n) is 7.73. The number of benzene rings is 1. The van der Waals surface area contributed by atoms with E-state index >= 15 is 0 Å². The largest absolute Gasteiger partial charge is 0.375 e. The molecule has 3 aromatic rings. The monoisotopic (exact) mass is 339 g/mol. The van der Waals surface area contributed by atoms with Crippen molar-refractivity contribution in [3.63, 3.8) is 0 Å². The fourth-order valence-electron chi connectivity index (χ4n) is 3.01. The number of carbonyl (C=O) groups is 1. The quantitative estimate of drug-likeness (QED) is 0.750. The number of hydrogen-bond donors (Lipinski definition) is 2. The molecule has 3 N–H and O–H groups in total. The van der Waals surface area contributed by atoms with E-state index in [9.17, 15) is 4.79 Å². The fourth-order valence-corrected chi connectivity index (χ4v) is 3.99. The van der Waals surface area contributed by atoms with Gasteiger partial charge in [-0.05, 0) is 30.2 Å². The third-order valence-corrected chi connectivity index (χ3v) is 5.21. The van der Waals surface area contributed by atoms with Crippen molar-refractivity contribution in [3.8, 4) is 5.69 Å². The van der Waals surface area contributed by atoms with Gasteiger partial charge in [0.05, 0.1) is 24.1 Å². The van der Waals surface area contributed by atoms with E-state index in [1.165, 1.54) is 16.9 Å². The number of fused-ring (bicyclic) bond motifs is 1. The molecule has 2 aromatic heterocycles. The van der Waals surface area contributed by atoms with Gasteiger partial charge in [-0.2, -0.15) is 5.10 Å². The molecule has 122 valence electrons. The van der Waals surface area contributed by atoms with Gasteiger partial charge in [-0.3, -0.25) is 4.79 Å². The molecule has 1 aliphatic heterocycles. The summed E-state index contributed by atoms with van der Waals surface area (Å²) in [5, 5.41) is 7.89. The number of nitrogen functional groups attached to an aromatic ring is 1. The molecule has 7 heteroatoms. The summed E-state index contributed by atoms with van der Waals surface area (Å²) in [5.41, 5.74) is 9.91. The van der Waals surface area contributed by atoms with E-state index < -0.39 is 0 Å². The minimum atomic E-state index is -0.0594. The van der Waals surface area contributed by atoms with Crippen LogP contribution in [0.3, 0.4) is 0 Å². The van der Waals surface area contributed by atoms with Crippen molar-refractivity contribution in [3.05, 3.63) is 58.4 Å². The van der Waals surface area contributed by atoms with Gasteiger partial charge >= 0.3 is 0 Å². The van der Waals surface area contributed by atoms with Crippen LogP contribution in [-0.2, 0) is 11.3 Å². The highest BCUT2D eigenvalue weighted by molar-refractivity contribution is 7.15. The van der Waals surface area contributed by atoms with E-state index in [0.717, 1.165) is 21.8 Å². The van der Waals surface area contributed by atoms with Crippen molar-refractivity contribution in [2.75, 3.05) is 5.73 Å². The van der Waals surface area contributed by atoms with Gasteiger partial charge in [0.15, 0.2) is 5.13 Å². The molecule has 1 atom stereocenters. The molecule has 3 heterocycles. The van der Waals surface area contributed by atoms with E-state index in [1.54, 1.807) is 0 Å². The first-order valence-corrected chi connectivity index (χ1v) is 8.55. The highest BCUT2D eigenvalue weighted by Gasteiger charge is 2.28. The van der Waals surface area contributed by atoms with Crippen molar-refractivity contribution < 1.29 is 4.79 Å². The minimum absolute atomic E-state index is 0.0204. The van der Waals surface area contributed by atoms with Gasteiger partial charge in [0.2, 0.25) is 5.91 Å². The summed E-state index contributed by atoms with van der Waals surface area (Å²) in [4.78, 5) is 17.4. The normalized spacial score (nSPS) is 17.2. The Hall–Kier alpha value is -2.67. The lowest BCUT2D eigenvalue weighted by molar-refractivity contribution is -0.121. The number of nitrogens with two attached hydrogens (primary N) is 1. The predicted molar refractivity (Wildman–Crippen MR) is 93.1 cm³/mol. The van der Waals surface area contributed by atoms with E-state index in [4.69, 9.17) is 5.73 Å². The van der Waals surface area contributed by atoms with Crippen LogP contribution in [-0.4, -0.2) is 20.7 Å². The number of carbonyl (C=O) groups excluding carboxylic acids is 1. The van der Waals surface area contributed by atoms with E-state index in [2.05, 4.69) is 34.5 Å². The summed E-state index contributed by atoms with van der Waals surface area (Å²) < 4.78 is 1.84. The molecule has 1 amide bonds. The molecule has 1 aromatic carbocycles. The SMILES string of the molecule is Cc1cccc(-n2cc([C@H]3CC(=O)NCc4nc(N)sc43)cn2)c1. The molecular formula is C17H17N5OS. The molecule has 4 rings (SSSR count). The average molecular weight is 339 g/mol. The number of hydrogen-bond acceptors (Lipinski definition) is 5. The van der Waals surface area contributed by atoms with Gasteiger partial charge in [0.1, 0.15) is 0 Å². The van der Waals surface area contributed by atoms with E-state index in [-0.39, 0.29) is 11.8 Å². The topological polar surface area (TPSA) is 85.8 Å². The second-order valence-corrected chi connectivity index (χ2v) is 7.02. The van der Waals surface area contributed by atoms with Crippen molar-refractivity contribution >= 4 is 22.4 Å². The first kappa shape index (κ1) is 14.9. The number of rotatable bonds is 2. The molecule has 6 nitrogen and oxygen atoms in total. The number of nitrogens with one attached hydrogen (secondary N) is 1. The zero-order valence-corrected chi connectivity index (χ0v) is 14.0. The maximum atomic E-state index is 12.0. The number of amides is 1. The fraction of sp³-hybridized carbons (Fsp3) is 0.235. The minimum Gasteiger partial charge on any atom is -0.375 e. The number of thiazole rings is 1.